The van der Waals surface area contributed by atoms with Gasteiger partial charge in [-0.05, 0) is 12.5 Å². The highest BCUT2D eigenvalue weighted by molar-refractivity contribution is 5.61. The minimum absolute atomic E-state index is 0.0874. The average Bonchev–Trinajstić information content (AvgIpc) is 2.77. The Bertz CT molecular complexity index is 592. The molecule has 0 amide bonds. The summed E-state index contributed by atoms with van der Waals surface area (Å²) in [4.78, 5) is 10.5. The largest absolute Gasteiger partial charge is 0.375 e. The van der Waals surface area contributed by atoms with Gasteiger partial charge in [0.2, 0.25) is 0 Å². The third-order valence-corrected chi connectivity index (χ3v) is 2.90. The van der Waals surface area contributed by atoms with E-state index in [1.807, 2.05) is 20.2 Å². The van der Waals surface area contributed by atoms with Gasteiger partial charge in [-0.25, -0.2) is 0 Å². The van der Waals surface area contributed by atoms with Gasteiger partial charge < -0.3 is 5.32 Å². The lowest BCUT2D eigenvalue weighted by atomic mass is 10.2. The molecule has 0 saturated heterocycles. The standard InChI is InChI=1S/C13H16N4O2/c1-3-11-10(9-16(2)15-11)8-14-12-6-4-5-7-13(12)17(18)19/h4-7,9,14H,3,8H2,1-2H3. The molecule has 0 aliphatic carbocycles. The molecule has 0 fully saturated rings. The zero-order chi connectivity index (χ0) is 13.8. The summed E-state index contributed by atoms with van der Waals surface area (Å²) in [6, 6.07) is 6.64. The van der Waals surface area contributed by atoms with Crippen molar-refractivity contribution < 1.29 is 4.92 Å². The Labute approximate surface area is 111 Å². The molecule has 0 unspecified atom stereocenters. The van der Waals surface area contributed by atoms with Gasteiger partial charge in [-0.1, -0.05) is 19.1 Å². The van der Waals surface area contributed by atoms with Crippen LogP contribution in [0.2, 0.25) is 0 Å². The molecule has 1 heterocycles. The van der Waals surface area contributed by atoms with Crippen LogP contribution in [0.3, 0.4) is 0 Å². The van der Waals surface area contributed by atoms with Gasteiger partial charge >= 0.3 is 0 Å². The van der Waals surface area contributed by atoms with Crippen molar-refractivity contribution in [2.75, 3.05) is 5.32 Å². The molecule has 100 valence electrons. The zero-order valence-electron chi connectivity index (χ0n) is 11.0. The number of hydrogen-bond acceptors (Lipinski definition) is 4. The summed E-state index contributed by atoms with van der Waals surface area (Å²) in [7, 11) is 1.87. The number of nitrogens with zero attached hydrogens (tertiary/aromatic N) is 3. The first kappa shape index (κ1) is 13.1. The highest BCUT2D eigenvalue weighted by atomic mass is 16.6. The number of para-hydroxylation sites is 2. The zero-order valence-corrected chi connectivity index (χ0v) is 11.0. The van der Waals surface area contributed by atoms with E-state index in [-0.39, 0.29) is 10.6 Å². The van der Waals surface area contributed by atoms with Crippen LogP contribution in [-0.4, -0.2) is 14.7 Å². The van der Waals surface area contributed by atoms with Crippen molar-refractivity contribution in [2.24, 2.45) is 7.05 Å². The van der Waals surface area contributed by atoms with Crippen LogP contribution in [-0.2, 0) is 20.0 Å². The molecule has 0 aliphatic heterocycles. The molecule has 0 atom stereocenters. The van der Waals surface area contributed by atoms with Crippen molar-refractivity contribution in [3.05, 3.63) is 51.8 Å². The Morgan fingerprint density at radius 1 is 1.42 bits per heavy atom. The average molecular weight is 260 g/mol. The topological polar surface area (TPSA) is 73.0 Å². The monoisotopic (exact) mass is 260 g/mol. The van der Waals surface area contributed by atoms with E-state index < -0.39 is 0 Å². The lowest BCUT2D eigenvalue weighted by Gasteiger charge is -2.06. The minimum Gasteiger partial charge on any atom is -0.375 e. The van der Waals surface area contributed by atoms with E-state index in [0.717, 1.165) is 17.7 Å². The van der Waals surface area contributed by atoms with Crippen LogP contribution < -0.4 is 5.32 Å². The summed E-state index contributed by atoms with van der Waals surface area (Å²) in [5.74, 6) is 0. The predicted octanol–water partition coefficient (Wildman–Crippen LogP) is 2.50. The van der Waals surface area contributed by atoms with Gasteiger partial charge in [0, 0.05) is 31.4 Å². The van der Waals surface area contributed by atoms with E-state index in [2.05, 4.69) is 10.4 Å². The molecule has 0 bridgehead atoms. The van der Waals surface area contributed by atoms with Gasteiger partial charge in [-0.3, -0.25) is 14.8 Å². The van der Waals surface area contributed by atoms with Crippen LogP contribution in [0.5, 0.6) is 0 Å². The number of hydrogen-bond donors (Lipinski definition) is 1. The Balaban J connectivity index is 2.16. The van der Waals surface area contributed by atoms with Crippen LogP contribution in [0.1, 0.15) is 18.2 Å². The highest BCUT2D eigenvalue weighted by Gasteiger charge is 2.13. The maximum absolute atomic E-state index is 10.9. The Kier molecular flexibility index (Phi) is 3.79. The highest BCUT2D eigenvalue weighted by Crippen LogP contribution is 2.24. The molecular weight excluding hydrogens is 244 g/mol. The summed E-state index contributed by atoms with van der Waals surface area (Å²) in [6.07, 6.45) is 2.77. The number of nitrogens with one attached hydrogen (secondary N) is 1. The van der Waals surface area contributed by atoms with Crippen molar-refractivity contribution in [2.45, 2.75) is 19.9 Å². The smallest absolute Gasteiger partial charge is 0.292 e. The van der Waals surface area contributed by atoms with E-state index in [4.69, 9.17) is 0 Å². The fraction of sp³-hybridized carbons (Fsp3) is 0.308. The van der Waals surface area contributed by atoms with Crippen molar-refractivity contribution in [3.8, 4) is 0 Å². The number of aromatic nitrogens is 2. The van der Waals surface area contributed by atoms with Gasteiger partial charge in [0.05, 0.1) is 10.6 Å². The van der Waals surface area contributed by atoms with Crippen LogP contribution in [0.25, 0.3) is 0 Å². The first-order valence-electron chi connectivity index (χ1n) is 6.10. The maximum Gasteiger partial charge on any atom is 0.292 e. The molecule has 2 aromatic rings. The van der Waals surface area contributed by atoms with Gasteiger partial charge in [0.1, 0.15) is 5.69 Å². The van der Waals surface area contributed by atoms with Gasteiger partial charge in [0.25, 0.3) is 5.69 Å². The molecule has 6 nitrogen and oxygen atoms in total. The minimum atomic E-state index is -0.383. The van der Waals surface area contributed by atoms with Gasteiger partial charge in [-0.2, -0.15) is 5.10 Å². The van der Waals surface area contributed by atoms with Crippen LogP contribution in [0, 0.1) is 10.1 Å². The lowest BCUT2D eigenvalue weighted by Crippen LogP contribution is -2.03. The van der Waals surface area contributed by atoms with Crippen molar-refractivity contribution >= 4 is 11.4 Å². The third-order valence-electron chi connectivity index (χ3n) is 2.90. The second-order valence-corrected chi connectivity index (χ2v) is 4.26. The number of nitro groups is 1. The molecule has 2 rings (SSSR count). The number of benzene rings is 1. The summed E-state index contributed by atoms with van der Waals surface area (Å²) in [5.41, 5.74) is 2.68. The van der Waals surface area contributed by atoms with E-state index in [0.29, 0.717) is 12.2 Å². The lowest BCUT2D eigenvalue weighted by molar-refractivity contribution is -0.384. The van der Waals surface area contributed by atoms with Crippen LogP contribution in [0.15, 0.2) is 30.5 Å². The van der Waals surface area contributed by atoms with Gasteiger partial charge in [-0.15, -0.1) is 0 Å². The molecule has 0 radical (unpaired) electrons. The first-order chi connectivity index (χ1) is 9.11. The summed E-state index contributed by atoms with van der Waals surface area (Å²) >= 11 is 0. The van der Waals surface area contributed by atoms with E-state index in [1.165, 1.54) is 6.07 Å². The van der Waals surface area contributed by atoms with E-state index in [1.54, 1.807) is 22.9 Å². The molecule has 1 aromatic carbocycles. The van der Waals surface area contributed by atoms with E-state index >= 15 is 0 Å². The van der Waals surface area contributed by atoms with Crippen LogP contribution in [0.4, 0.5) is 11.4 Å². The molecule has 0 aliphatic rings. The predicted molar refractivity (Wildman–Crippen MR) is 73.0 cm³/mol. The second-order valence-electron chi connectivity index (χ2n) is 4.26. The number of anilines is 1. The number of rotatable bonds is 5. The second kappa shape index (κ2) is 5.51. The summed E-state index contributed by atoms with van der Waals surface area (Å²) < 4.78 is 1.76. The molecule has 1 N–H and O–H groups in total. The Hall–Kier alpha value is -2.37. The number of nitro benzene ring substituents is 1. The van der Waals surface area contributed by atoms with E-state index in [9.17, 15) is 10.1 Å². The molecule has 0 spiro atoms. The molecule has 19 heavy (non-hydrogen) atoms. The summed E-state index contributed by atoms with van der Waals surface area (Å²) in [6.45, 7) is 2.57. The SMILES string of the molecule is CCc1nn(C)cc1CNc1ccccc1[N+](=O)[O-]. The van der Waals surface area contributed by atoms with Crippen molar-refractivity contribution in [1.82, 2.24) is 9.78 Å². The quantitative estimate of drug-likeness (QED) is 0.662. The van der Waals surface area contributed by atoms with Crippen molar-refractivity contribution in [1.29, 1.82) is 0 Å². The fourth-order valence-corrected chi connectivity index (χ4v) is 2.00. The van der Waals surface area contributed by atoms with Crippen molar-refractivity contribution in [3.63, 3.8) is 0 Å². The third kappa shape index (κ3) is 2.90. The molecular formula is C13H16N4O2. The first-order valence-corrected chi connectivity index (χ1v) is 6.10. The molecule has 0 saturated carbocycles. The fourth-order valence-electron chi connectivity index (χ4n) is 2.00. The maximum atomic E-state index is 10.9. The Morgan fingerprint density at radius 2 is 2.16 bits per heavy atom. The summed E-state index contributed by atoms with van der Waals surface area (Å²) in [5, 5.41) is 18.4. The molecule has 1 aromatic heterocycles. The normalized spacial score (nSPS) is 10.4. The van der Waals surface area contributed by atoms with Crippen LogP contribution >= 0.6 is 0 Å². The molecule has 6 heteroatoms. The Morgan fingerprint density at radius 3 is 2.84 bits per heavy atom. The van der Waals surface area contributed by atoms with Gasteiger partial charge in [0.15, 0.2) is 0 Å². The number of aryl methyl sites for hydroxylation is 2.